The molecule has 5 rings (SSSR count). The highest BCUT2D eigenvalue weighted by Crippen LogP contribution is 2.27. The molecule has 0 saturated carbocycles. The second kappa shape index (κ2) is 11.8. The molecule has 0 atom stereocenters. The predicted octanol–water partition coefficient (Wildman–Crippen LogP) is 3.59. The maximum absolute atomic E-state index is 12.9. The summed E-state index contributed by atoms with van der Waals surface area (Å²) in [6.07, 6.45) is 3.79. The molecule has 0 radical (unpaired) electrons. The summed E-state index contributed by atoms with van der Waals surface area (Å²) >= 11 is 0. The fourth-order valence-corrected chi connectivity index (χ4v) is 4.10. The molecule has 2 aromatic carbocycles. The van der Waals surface area contributed by atoms with E-state index < -0.39 is 0 Å². The standard InChI is InChI=1S/C26H25N5O3.CH2O2/c1-27-26(33)29-22-7-3-5-20(15-22)23-17-28-24-16-19(8-9-31(23)24)18-4-2-6-21(14-18)25(32)30-10-12-34-13-11-30;2-1-3/h2-9,14-17H,10-13H2,1H3,(H2,27,29,33);1H,(H,2,3). The van der Waals surface area contributed by atoms with Crippen molar-refractivity contribution in [1.29, 1.82) is 0 Å². The van der Waals surface area contributed by atoms with Gasteiger partial charge in [0, 0.05) is 43.1 Å². The Balaban J connectivity index is 0.00000102. The van der Waals surface area contributed by atoms with Crippen molar-refractivity contribution in [2.75, 3.05) is 38.7 Å². The van der Waals surface area contributed by atoms with Gasteiger partial charge >= 0.3 is 6.03 Å². The van der Waals surface area contributed by atoms with Crippen molar-refractivity contribution in [3.05, 3.63) is 78.6 Å². The Hall–Kier alpha value is -4.70. The molecule has 2 aromatic heterocycles. The molecular formula is C27H27N5O5. The Morgan fingerprint density at radius 3 is 2.46 bits per heavy atom. The molecule has 4 aromatic rings. The molecule has 0 aliphatic carbocycles. The van der Waals surface area contributed by atoms with E-state index >= 15 is 0 Å². The number of urea groups is 1. The van der Waals surface area contributed by atoms with Gasteiger partial charge in [-0.3, -0.25) is 14.0 Å². The molecule has 3 amide bonds. The quantitative estimate of drug-likeness (QED) is 0.367. The van der Waals surface area contributed by atoms with Crippen LogP contribution in [0.5, 0.6) is 0 Å². The van der Waals surface area contributed by atoms with Gasteiger partial charge < -0.3 is 25.4 Å². The van der Waals surface area contributed by atoms with Crippen LogP contribution in [0.1, 0.15) is 10.4 Å². The lowest BCUT2D eigenvalue weighted by molar-refractivity contribution is -0.122. The topological polar surface area (TPSA) is 125 Å². The minimum atomic E-state index is -0.269. The molecule has 3 heterocycles. The molecule has 1 saturated heterocycles. The van der Waals surface area contributed by atoms with Crippen molar-refractivity contribution >= 4 is 29.7 Å². The van der Waals surface area contributed by atoms with E-state index in [1.807, 2.05) is 82.4 Å². The lowest BCUT2D eigenvalue weighted by Gasteiger charge is -2.27. The summed E-state index contributed by atoms with van der Waals surface area (Å²) in [6, 6.07) is 19.1. The van der Waals surface area contributed by atoms with Crippen LogP contribution in [0.3, 0.4) is 0 Å². The van der Waals surface area contributed by atoms with Crippen LogP contribution >= 0.6 is 0 Å². The van der Waals surface area contributed by atoms with Gasteiger partial charge in [-0.1, -0.05) is 24.3 Å². The number of nitrogens with zero attached hydrogens (tertiary/aromatic N) is 3. The Morgan fingerprint density at radius 1 is 1.00 bits per heavy atom. The number of hydrogen-bond acceptors (Lipinski definition) is 5. The van der Waals surface area contributed by atoms with Crippen LogP contribution in [-0.2, 0) is 9.53 Å². The first-order chi connectivity index (χ1) is 18.0. The fourth-order valence-electron chi connectivity index (χ4n) is 4.10. The number of carbonyl (C=O) groups excluding carboxylic acids is 2. The van der Waals surface area contributed by atoms with Crippen LogP contribution in [-0.4, -0.2) is 71.2 Å². The van der Waals surface area contributed by atoms with Crippen molar-refractivity contribution in [3.63, 3.8) is 0 Å². The SMILES string of the molecule is CNC(=O)Nc1cccc(-c2cnc3cc(-c4cccc(C(=O)N5CCOCC5)c4)ccn23)c1.O=CO. The minimum Gasteiger partial charge on any atom is -0.483 e. The summed E-state index contributed by atoms with van der Waals surface area (Å²) in [5.41, 5.74) is 5.96. The molecule has 190 valence electrons. The van der Waals surface area contributed by atoms with Crippen molar-refractivity contribution in [2.45, 2.75) is 0 Å². The van der Waals surface area contributed by atoms with Crippen LogP contribution in [0.2, 0.25) is 0 Å². The second-order valence-corrected chi connectivity index (χ2v) is 8.16. The van der Waals surface area contributed by atoms with Gasteiger partial charge in [-0.05, 0) is 47.5 Å². The van der Waals surface area contributed by atoms with Crippen molar-refractivity contribution in [1.82, 2.24) is 19.6 Å². The minimum absolute atomic E-state index is 0.0274. The van der Waals surface area contributed by atoms with Gasteiger partial charge in [0.2, 0.25) is 0 Å². The number of hydrogen-bond donors (Lipinski definition) is 3. The number of pyridine rings is 1. The van der Waals surface area contributed by atoms with Gasteiger partial charge in [0.15, 0.2) is 0 Å². The van der Waals surface area contributed by atoms with E-state index in [1.54, 1.807) is 7.05 Å². The average Bonchev–Trinajstić information content (AvgIpc) is 3.37. The maximum atomic E-state index is 12.9. The number of anilines is 1. The normalized spacial score (nSPS) is 12.8. The summed E-state index contributed by atoms with van der Waals surface area (Å²) in [7, 11) is 1.58. The number of fused-ring (bicyclic) bond motifs is 1. The monoisotopic (exact) mass is 501 g/mol. The van der Waals surface area contributed by atoms with Crippen LogP contribution in [0.25, 0.3) is 28.0 Å². The van der Waals surface area contributed by atoms with Crippen LogP contribution in [0.15, 0.2) is 73.1 Å². The van der Waals surface area contributed by atoms with E-state index in [1.165, 1.54) is 0 Å². The smallest absolute Gasteiger partial charge is 0.318 e. The largest absolute Gasteiger partial charge is 0.483 e. The Morgan fingerprint density at radius 2 is 1.70 bits per heavy atom. The lowest BCUT2D eigenvalue weighted by Crippen LogP contribution is -2.40. The van der Waals surface area contributed by atoms with Gasteiger partial charge in [0.1, 0.15) is 5.65 Å². The number of nitrogens with one attached hydrogen (secondary N) is 2. The number of morpholine rings is 1. The number of carbonyl (C=O) groups is 3. The zero-order valence-electron chi connectivity index (χ0n) is 20.3. The molecule has 37 heavy (non-hydrogen) atoms. The van der Waals surface area contributed by atoms with E-state index in [4.69, 9.17) is 14.6 Å². The number of imidazole rings is 1. The number of rotatable bonds is 4. The summed E-state index contributed by atoms with van der Waals surface area (Å²) in [4.78, 5) is 39.3. The molecule has 10 nitrogen and oxygen atoms in total. The number of ether oxygens (including phenoxy) is 1. The highest BCUT2D eigenvalue weighted by molar-refractivity contribution is 5.95. The third-order valence-corrected chi connectivity index (χ3v) is 5.90. The van der Waals surface area contributed by atoms with E-state index in [0.29, 0.717) is 37.6 Å². The molecule has 0 unspecified atom stereocenters. The second-order valence-electron chi connectivity index (χ2n) is 8.16. The van der Waals surface area contributed by atoms with Crippen molar-refractivity contribution in [3.8, 4) is 22.4 Å². The summed E-state index contributed by atoms with van der Waals surface area (Å²) in [6.45, 7) is 2.14. The molecular weight excluding hydrogens is 474 g/mol. The third-order valence-electron chi connectivity index (χ3n) is 5.90. The molecule has 1 aliphatic rings. The summed E-state index contributed by atoms with van der Waals surface area (Å²) in [5.74, 6) is 0.0274. The fraction of sp³-hybridized carbons (Fsp3) is 0.185. The Bertz CT molecular complexity index is 1410. The van der Waals surface area contributed by atoms with E-state index in [9.17, 15) is 9.59 Å². The average molecular weight is 502 g/mol. The van der Waals surface area contributed by atoms with Crippen molar-refractivity contribution in [2.24, 2.45) is 0 Å². The Kier molecular flexibility index (Phi) is 8.11. The first-order valence-electron chi connectivity index (χ1n) is 11.7. The van der Waals surface area contributed by atoms with Gasteiger partial charge in [-0.2, -0.15) is 0 Å². The van der Waals surface area contributed by atoms with E-state index in [0.717, 1.165) is 28.0 Å². The number of benzene rings is 2. The molecule has 0 spiro atoms. The van der Waals surface area contributed by atoms with E-state index in [-0.39, 0.29) is 18.4 Å². The highest BCUT2D eigenvalue weighted by Gasteiger charge is 2.19. The lowest BCUT2D eigenvalue weighted by atomic mass is 10.0. The van der Waals surface area contributed by atoms with E-state index in [2.05, 4.69) is 15.6 Å². The summed E-state index contributed by atoms with van der Waals surface area (Å²) in [5, 5.41) is 12.2. The molecule has 10 heteroatoms. The van der Waals surface area contributed by atoms with Crippen LogP contribution < -0.4 is 10.6 Å². The van der Waals surface area contributed by atoms with Gasteiger partial charge in [-0.15, -0.1) is 0 Å². The van der Waals surface area contributed by atoms with Gasteiger partial charge in [-0.25, -0.2) is 9.78 Å². The van der Waals surface area contributed by atoms with Crippen molar-refractivity contribution < 1.29 is 24.2 Å². The number of carboxylic acid groups (broad SMARTS) is 1. The third kappa shape index (κ3) is 5.93. The van der Waals surface area contributed by atoms with Gasteiger partial charge in [0.25, 0.3) is 12.4 Å². The van der Waals surface area contributed by atoms with Crippen LogP contribution in [0.4, 0.5) is 10.5 Å². The first kappa shape index (κ1) is 25.4. The maximum Gasteiger partial charge on any atom is 0.318 e. The molecule has 1 fully saturated rings. The zero-order valence-corrected chi connectivity index (χ0v) is 20.3. The van der Waals surface area contributed by atoms with Gasteiger partial charge in [0.05, 0.1) is 25.1 Å². The first-order valence-corrected chi connectivity index (χ1v) is 11.7. The summed E-state index contributed by atoms with van der Waals surface area (Å²) < 4.78 is 7.36. The molecule has 0 bridgehead atoms. The Labute approximate surface area is 213 Å². The zero-order chi connectivity index (χ0) is 26.2. The molecule has 1 aliphatic heterocycles. The highest BCUT2D eigenvalue weighted by atomic mass is 16.5. The molecule has 3 N–H and O–H groups in total. The van der Waals surface area contributed by atoms with Crippen LogP contribution in [0, 0.1) is 0 Å². The number of aromatic nitrogens is 2. The predicted molar refractivity (Wildman–Crippen MR) is 140 cm³/mol. The number of amides is 3.